The number of rotatable bonds is 10. The topological polar surface area (TPSA) is 50.7 Å². The van der Waals surface area contributed by atoms with Crippen molar-refractivity contribution in [3.8, 4) is 11.5 Å². The summed E-state index contributed by atoms with van der Waals surface area (Å²) in [6, 6.07) is 17.4. The molecule has 1 radical (unpaired) electrons. The van der Waals surface area contributed by atoms with E-state index in [-0.39, 0.29) is 6.61 Å². The molecular weight excluding hydrogens is 290 g/mol. The maximum Gasteiger partial charge on any atom is 0.119 e. The maximum absolute atomic E-state index is 9.86. The minimum absolute atomic E-state index is 0.267. The van der Waals surface area contributed by atoms with Crippen molar-refractivity contribution in [1.82, 2.24) is 5.32 Å². The van der Waals surface area contributed by atoms with E-state index in [1.54, 1.807) is 0 Å². The Morgan fingerprint density at radius 1 is 1.00 bits per heavy atom. The van der Waals surface area contributed by atoms with Crippen molar-refractivity contribution in [2.24, 2.45) is 0 Å². The van der Waals surface area contributed by atoms with Crippen molar-refractivity contribution >= 4 is 0 Å². The third-order valence-corrected chi connectivity index (χ3v) is 3.30. The highest BCUT2D eigenvalue weighted by molar-refractivity contribution is 5.28. The second kappa shape index (κ2) is 9.87. The lowest BCUT2D eigenvalue weighted by Crippen LogP contribution is -2.33. The molecule has 123 valence electrons. The average Bonchev–Trinajstić information content (AvgIpc) is 2.61. The molecule has 2 aromatic rings. The lowest BCUT2D eigenvalue weighted by Gasteiger charge is -2.13. The molecule has 2 aromatic carbocycles. The maximum atomic E-state index is 9.86. The van der Waals surface area contributed by atoms with E-state index in [4.69, 9.17) is 9.47 Å². The molecule has 0 aromatic heterocycles. The molecule has 0 bridgehead atoms. The molecule has 2 N–H and O–H groups in total. The number of aliphatic hydroxyl groups is 1. The fourth-order valence-electron chi connectivity index (χ4n) is 2.07. The Kier molecular flexibility index (Phi) is 7.43. The summed E-state index contributed by atoms with van der Waals surface area (Å²) in [7, 11) is 0. The van der Waals surface area contributed by atoms with Gasteiger partial charge in [-0.25, -0.2) is 0 Å². The van der Waals surface area contributed by atoms with Gasteiger partial charge >= 0.3 is 0 Å². The van der Waals surface area contributed by atoms with Gasteiger partial charge in [0.1, 0.15) is 30.8 Å². The Hall–Kier alpha value is -2.04. The summed E-state index contributed by atoms with van der Waals surface area (Å²) in [5, 5.41) is 13.0. The van der Waals surface area contributed by atoms with Gasteiger partial charge in [0.15, 0.2) is 0 Å². The van der Waals surface area contributed by atoms with E-state index in [1.165, 1.54) is 0 Å². The van der Waals surface area contributed by atoms with Gasteiger partial charge in [0.2, 0.25) is 0 Å². The summed E-state index contributed by atoms with van der Waals surface area (Å²) >= 11 is 0. The first-order chi connectivity index (χ1) is 11.3. The van der Waals surface area contributed by atoms with Gasteiger partial charge in [-0.15, -0.1) is 0 Å². The van der Waals surface area contributed by atoms with Crippen LogP contribution in [0.25, 0.3) is 0 Å². The van der Waals surface area contributed by atoms with Gasteiger partial charge in [-0.05, 0) is 43.2 Å². The predicted molar refractivity (Wildman–Crippen MR) is 91.8 cm³/mol. The van der Waals surface area contributed by atoms with E-state index in [1.807, 2.05) is 54.6 Å². The fourth-order valence-corrected chi connectivity index (χ4v) is 2.07. The van der Waals surface area contributed by atoms with Crippen molar-refractivity contribution < 1.29 is 14.6 Å². The summed E-state index contributed by atoms with van der Waals surface area (Å²) in [4.78, 5) is 0. The standard InChI is InChI=1S/C19H24NO3/c1-2-16-7-6-10-19(13-16)22-12-11-20-14-17(21)15-23-18-8-4-3-5-9-18/h3-10,13,17,20-21H,1-2,11-12,14-15H2. The minimum atomic E-state index is -0.551. The first-order valence-electron chi connectivity index (χ1n) is 7.85. The first kappa shape index (κ1) is 17.3. The molecule has 0 heterocycles. The molecule has 1 atom stereocenters. The normalized spacial score (nSPS) is 11.9. The van der Waals surface area contributed by atoms with E-state index in [9.17, 15) is 5.11 Å². The number of ether oxygens (including phenoxy) is 2. The van der Waals surface area contributed by atoms with Crippen molar-refractivity contribution in [2.75, 3.05) is 26.3 Å². The highest BCUT2D eigenvalue weighted by Crippen LogP contribution is 2.13. The quantitative estimate of drug-likeness (QED) is 0.662. The largest absolute Gasteiger partial charge is 0.492 e. The summed E-state index contributed by atoms with van der Waals surface area (Å²) < 4.78 is 11.1. The molecule has 0 spiro atoms. The molecule has 1 unspecified atom stereocenters. The molecule has 4 heteroatoms. The molecule has 0 aliphatic rings. The number of nitrogens with one attached hydrogen (secondary N) is 1. The second-order valence-electron chi connectivity index (χ2n) is 5.23. The van der Waals surface area contributed by atoms with Crippen LogP contribution in [0, 0.1) is 6.92 Å². The van der Waals surface area contributed by atoms with Crippen LogP contribution in [0.1, 0.15) is 5.56 Å². The zero-order valence-electron chi connectivity index (χ0n) is 13.3. The Labute approximate surface area is 138 Å². The third-order valence-electron chi connectivity index (χ3n) is 3.30. The smallest absolute Gasteiger partial charge is 0.119 e. The van der Waals surface area contributed by atoms with E-state index in [2.05, 4.69) is 12.2 Å². The van der Waals surface area contributed by atoms with Gasteiger partial charge in [-0.2, -0.15) is 0 Å². The van der Waals surface area contributed by atoms with E-state index in [0.29, 0.717) is 19.7 Å². The number of hydrogen-bond acceptors (Lipinski definition) is 4. The lowest BCUT2D eigenvalue weighted by atomic mass is 10.2. The molecule has 0 aliphatic heterocycles. The van der Waals surface area contributed by atoms with Crippen molar-refractivity contribution in [1.29, 1.82) is 0 Å². The Morgan fingerprint density at radius 3 is 2.57 bits per heavy atom. The van der Waals surface area contributed by atoms with Crippen LogP contribution in [0.15, 0.2) is 54.6 Å². The summed E-state index contributed by atoms with van der Waals surface area (Å²) in [6.45, 7) is 5.80. The van der Waals surface area contributed by atoms with Crippen LogP contribution in [-0.4, -0.2) is 37.5 Å². The minimum Gasteiger partial charge on any atom is -0.492 e. The molecular formula is C19H24NO3. The molecule has 0 saturated heterocycles. The predicted octanol–water partition coefficient (Wildman–Crippen LogP) is 2.47. The van der Waals surface area contributed by atoms with Gasteiger partial charge in [0.25, 0.3) is 0 Å². The van der Waals surface area contributed by atoms with Crippen LogP contribution < -0.4 is 14.8 Å². The number of benzene rings is 2. The zero-order chi connectivity index (χ0) is 16.3. The summed E-state index contributed by atoms with van der Waals surface area (Å²) in [5.74, 6) is 1.61. The van der Waals surface area contributed by atoms with Crippen LogP contribution in [0.4, 0.5) is 0 Å². The monoisotopic (exact) mass is 314 g/mol. The fraction of sp³-hybridized carbons (Fsp3) is 0.316. The van der Waals surface area contributed by atoms with Crippen LogP contribution >= 0.6 is 0 Å². The number of hydrogen-bond donors (Lipinski definition) is 2. The van der Waals surface area contributed by atoms with E-state index in [0.717, 1.165) is 23.5 Å². The molecule has 0 saturated carbocycles. The van der Waals surface area contributed by atoms with Crippen LogP contribution in [0.2, 0.25) is 0 Å². The zero-order valence-corrected chi connectivity index (χ0v) is 13.3. The molecule has 4 nitrogen and oxygen atoms in total. The van der Waals surface area contributed by atoms with Gasteiger partial charge in [0.05, 0.1) is 0 Å². The molecule has 23 heavy (non-hydrogen) atoms. The second-order valence-corrected chi connectivity index (χ2v) is 5.23. The molecule has 0 aliphatic carbocycles. The first-order valence-corrected chi connectivity index (χ1v) is 7.85. The van der Waals surface area contributed by atoms with Gasteiger partial charge < -0.3 is 19.9 Å². The highest BCUT2D eigenvalue weighted by atomic mass is 16.5. The molecule has 0 fully saturated rings. The van der Waals surface area contributed by atoms with Crippen LogP contribution in [0.5, 0.6) is 11.5 Å². The Morgan fingerprint density at radius 2 is 1.78 bits per heavy atom. The average molecular weight is 314 g/mol. The van der Waals surface area contributed by atoms with Crippen molar-refractivity contribution in [2.45, 2.75) is 12.5 Å². The molecule has 0 amide bonds. The SMILES string of the molecule is [CH2]Cc1cccc(OCCNCC(O)COc2ccccc2)c1. The Bertz CT molecular complexity index is 560. The van der Waals surface area contributed by atoms with E-state index < -0.39 is 6.10 Å². The molecule has 2 rings (SSSR count). The van der Waals surface area contributed by atoms with Crippen molar-refractivity contribution in [3.63, 3.8) is 0 Å². The lowest BCUT2D eigenvalue weighted by molar-refractivity contribution is 0.105. The summed E-state index contributed by atoms with van der Waals surface area (Å²) in [5.41, 5.74) is 1.16. The van der Waals surface area contributed by atoms with E-state index >= 15 is 0 Å². The van der Waals surface area contributed by atoms with Gasteiger partial charge in [-0.1, -0.05) is 30.3 Å². The highest BCUT2D eigenvalue weighted by Gasteiger charge is 2.04. The van der Waals surface area contributed by atoms with Crippen molar-refractivity contribution in [3.05, 3.63) is 67.1 Å². The summed E-state index contributed by atoms with van der Waals surface area (Å²) in [6.07, 6.45) is 0.202. The number of aliphatic hydroxyl groups excluding tert-OH is 1. The Balaban J connectivity index is 1.56. The van der Waals surface area contributed by atoms with Crippen LogP contribution in [-0.2, 0) is 6.42 Å². The van der Waals surface area contributed by atoms with Gasteiger partial charge in [-0.3, -0.25) is 0 Å². The number of para-hydroxylation sites is 1. The third kappa shape index (κ3) is 6.72. The van der Waals surface area contributed by atoms with Crippen LogP contribution in [0.3, 0.4) is 0 Å². The van der Waals surface area contributed by atoms with Gasteiger partial charge in [0, 0.05) is 13.1 Å².